The van der Waals surface area contributed by atoms with Crippen molar-refractivity contribution in [1.82, 2.24) is 4.98 Å². The van der Waals surface area contributed by atoms with Crippen LogP contribution in [-0.2, 0) is 11.2 Å². The number of hydrogen-bond donors (Lipinski definition) is 1. The predicted molar refractivity (Wildman–Crippen MR) is 74.7 cm³/mol. The second-order valence-corrected chi connectivity index (χ2v) is 4.79. The summed E-state index contributed by atoms with van der Waals surface area (Å²) < 4.78 is 5.07. The summed E-state index contributed by atoms with van der Waals surface area (Å²) in [5.41, 5.74) is 1.26. The average molecular weight is 299 g/mol. The first-order chi connectivity index (χ1) is 9.06. The van der Waals surface area contributed by atoms with E-state index in [4.69, 9.17) is 27.6 Å². The molecule has 0 aliphatic rings. The zero-order chi connectivity index (χ0) is 13.8. The molecule has 2 aromatic rings. The summed E-state index contributed by atoms with van der Waals surface area (Å²) in [6.07, 6.45) is 2.37. The van der Waals surface area contributed by atoms with E-state index in [0.717, 1.165) is 5.69 Å². The van der Waals surface area contributed by atoms with Crippen LogP contribution in [0, 0.1) is 6.92 Å². The number of hydrogen-bond acceptors (Lipinski definition) is 3. The molecule has 0 aliphatic carbocycles. The lowest BCUT2D eigenvalue weighted by atomic mass is 10.2. The molecular weight excluding hydrogens is 287 g/mol. The molecule has 0 bridgehead atoms. The van der Waals surface area contributed by atoms with Crippen molar-refractivity contribution in [2.24, 2.45) is 0 Å². The number of rotatable bonds is 4. The summed E-state index contributed by atoms with van der Waals surface area (Å²) in [6.45, 7) is 1.76. The fourth-order valence-corrected chi connectivity index (χ4v) is 1.93. The molecule has 6 heteroatoms. The lowest BCUT2D eigenvalue weighted by Crippen LogP contribution is -2.12. The standard InChI is InChI=1S/C13H12Cl2N2O2/c1-8-16-9(7-19-8)5-6-12(18)17-11-4-2-3-10(14)13(11)15/h2-4,7H,5-6H2,1H3,(H,17,18). The van der Waals surface area contributed by atoms with E-state index in [9.17, 15) is 4.79 Å². The van der Waals surface area contributed by atoms with Gasteiger partial charge in [-0.3, -0.25) is 4.79 Å². The average Bonchev–Trinajstić information content (AvgIpc) is 2.78. The van der Waals surface area contributed by atoms with Crippen LogP contribution in [0.5, 0.6) is 0 Å². The minimum Gasteiger partial charge on any atom is -0.449 e. The topological polar surface area (TPSA) is 55.1 Å². The van der Waals surface area contributed by atoms with Crippen LogP contribution in [0.25, 0.3) is 0 Å². The Labute approximate surface area is 120 Å². The molecule has 100 valence electrons. The number of nitrogens with one attached hydrogen (secondary N) is 1. The maximum absolute atomic E-state index is 11.8. The van der Waals surface area contributed by atoms with E-state index in [0.29, 0.717) is 34.5 Å². The van der Waals surface area contributed by atoms with E-state index >= 15 is 0 Å². The van der Waals surface area contributed by atoms with Crippen LogP contribution < -0.4 is 5.32 Å². The van der Waals surface area contributed by atoms with Crippen LogP contribution in [0.1, 0.15) is 18.0 Å². The SMILES string of the molecule is Cc1nc(CCC(=O)Nc2cccc(Cl)c2Cl)co1. The van der Waals surface area contributed by atoms with Gasteiger partial charge in [0.1, 0.15) is 6.26 Å². The normalized spacial score (nSPS) is 10.5. The molecule has 0 saturated heterocycles. The number of carbonyl (C=O) groups is 1. The molecule has 4 nitrogen and oxygen atoms in total. The van der Waals surface area contributed by atoms with E-state index < -0.39 is 0 Å². The lowest BCUT2D eigenvalue weighted by molar-refractivity contribution is -0.116. The summed E-state index contributed by atoms with van der Waals surface area (Å²) in [6, 6.07) is 5.09. The minimum atomic E-state index is -0.148. The maximum Gasteiger partial charge on any atom is 0.224 e. The molecule has 0 radical (unpaired) electrons. The maximum atomic E-state index is 11.8. The molecule has 0 aliphatic heterocycles. The molecule has 1 aromatic carbocycles. The van der Waals surface area contributed by atoms with Gasteiger partial charge in [-0.1, -0.05) is 29.3 Å². The number of anilines is 1. The Morgan fingerprint density at radius 2 is 2.21 bits per heavy atom. The van der Waals surface area contributed by atoms with Crippen LogP contribution in [0.15, 0.2) is 28.9 Å². The van der Waals surface area contributed by atoms with Gasteiger partial charge in [-0.05, 0) is 12.1 Å². The van der Waals surface area contributed by atoms with Crippen molar-refractivity contribution in [1.29, 1.82) is 0 Å². The van der Waals surface area contributed by atoms with Gasteiger partial charge in [-0.25, -0.2) is 4.98 Å². The zero-order valence-corrected chi connectivity index (χ0v) is 11.8. The second kappa shape index (κ2) is 6.08. The highest BCUT2D eigenvalue weighted by Gasteiger charge is 2.09. The predicted octanol–water partition coefficient (Wildman–Crippen LogP) is 3.86. The van der Waals surface area contributed by atoms with Gasteiger partial charge in [0.05, 0.1) is 21.4 Å². The highest BCUT2D eigenvalue weighted by atomic mass is 35.5. The van der Waals surface area contributed by atoms with E-state index in [-0.39, 0.29) is 5.91 Å². The van der Waals surface area contributed by atoms with E-state index in [1.165, 1.54) is 0 Å². The Balaban J connectivity index is 1.92. The van der Waals surface area contributed by atoms with Gasteiger partial charge in [0, 0.05) is 19.8 Å². The molecule has 1 amide bonds. The number of aryl methyl sites for hydroxylation is 2. The fraction of sp³-hybridized carbons (Fsp3) is 0.231. The highest BCUT2D eigenvalue weighted by molar-refractivity contribution is 6.43. The van der Waals surface area contributed by atoms with E-state index in [2.05, 4.69) is 10.3 Å². The van der Waals surface area contributed by atoms with Crippen molar-refractivity contribution in [3.63, 3.8) is 0 Å². The van der Waals surface area contributed by atoms with Crippen LogP contribution in [0.4, 0.5) is 5.69 Å². The molecular formula is C13H12Cl2N2O2. The molecule has 0 spiro atoms. The van der Waals surface area contributed by atoms with Crippen LogP contribution in [-0.4, -0.2) is 10.9 Å². The van der Waals surface area contributed by atoms with Crippen molar-refractivity contribution in [3.05, 3.63) is 46.1 Å². The molecule has 0 saturated carbocycles. The molecule has 0 unspecified atom stereocenters. The number of halogens is 2. The summed E-state index contributed by atoms with van der Waals surface area (Å²) in [7, 11) is 0. The summed E-state index contributed by atoms with van der Waals surface area (Å²) in [4.78, 5) is 15.9. The van der Waals surface area contributed by atoms with Crippen LogP contribution in [0.3, 0.4) is 0 Å². The molecule has 19 heavy (non-hydrogen) atoms. The van der Waals surface area contributed by atoms with Crippen LogP contribution >= 0.6 is 23.2 Å². The van der Waals surface area contributed by atoms with Gasteiger partial charge >= 0.3 is 0 Å². The largest absolute Gasteiger partial charge is 0.449 e. The van der Waals surface area contributed by atoms with Crippen molar-refractivity contribution in [2.45, 2.75) is 19.8 Å². The Morgan fingerprint density at radius 1 is 1.42 bits per heavy atom. The number of oxazole rings is 1. The number of benzene rings is 1. The van der Waals surface area contributed by atoms with Gasteiger partial charge in [0.2, 0.25) is 5.91 Å². The smallest absolute Gasteiger partial charge is 0.224 e. The molecule has 0 atom stereocenters. The van der Waals surface area contributed by atoms with Crippen molar-refractivity contribution in [3.8, 4) is 0 Å². The quantitative estimate of drug-likeness (QED) is 0.932. The molecule has 1 aromatic heterocycles. The first kappa shape index (κ1) is 13.9. The van der Waals surface area contributed by atoms with Gasteiger partial charge < -0.3 is 9.73 Å². The third-order valence-electron chi connectivity index (χ3n) is 2.50. The Kier molecular flexibility index (Phi) is 4.45. The first-order valence-electron chi connectivity index (χ1n) is 5.71. The highest BCUT2D eigenvalue weighted by Crippen LogP contribution is 2.29. The number of aromatic nitrogens is 1. The molecule has 1 heterocycles. The number of nitrogens with zero attached hydrogens (tertiary/aromatic N) is 1. The number of amides is 1. The number of carbonyl (C=O) groups excluding carboxylic acids is 1. The third-order valence-corrected chi connectivity index (χ3v) is 3.32. The van der Waals surface area contributed by atoms with Crippen molar-refractivity contribution in [2.75, 3.05) is 5.32 Å². The second-order valence-electron chi connectivity index (χ2n) is 4.01. The fourth-order valence-electron chi connectivity index (χ4n) is 1.58. The molecule has 1 N–H and O–H groups in total. The van der Waals surface area contributed by atoms with Crippen molar-refractivity contribution < 1.29 is 9.21 Å². The van der Waals surface area contributed by atoms with E-state index in [1.54, 1.807) is 31.4 Å². The van der Waals surface area contributed by atoms with Gasteiger partial charge in [-0.15, -0.1) is 0 Å². The van der Waals surface area contributed by atoms with Crippen molar-refractivity contribution >= 4 is 34.8 Å². The Morgan fingerprint density at radius 3 is 2.89 bits per heavy atom. The van der Waals surface area contributed by atoms with Gasteiger partial charge in [-0.2, -0.15) is 0 Å². The monoisotopic (exact) mass is 298 g/mol. The summed E-state index contributed by atoms with van der Waals surface area (Å²) in [5.74, 6) is 0.443. The zero-order valence-electron chi connectivity index (χ0n) is 10.2. The van der Waals surface area contributed by atoms with Crippen LogP contribution in [0.2, 0.25) is 10.0 Å². The molecule has 0 fully saturated rings. The minimum absolute atomic E-state index is 0.148. The third kappa shape index (κ3) is 3.72. The van der Waals surface area contributed by atoms with E-state index in [1.807, 2.05) is 0 Å². The lowest BCUT2D eigenvalue weighted by Gasteiger charge is -2.07. The first-order valence-corrected chi connectivity index (χ1v) is 6.46. The van der Waals surface area contributed by atoms with Gasteiger partial charge in [0.15, 0.2) is 5.89 Å². The summed E-state index contributed by atoms with van der Waals surface area (Å²) >= 11 is 11.9. The molecule has 2 rings (SSSR count). The summed E-state index contributed by atoms with van der Waals surface area (Å²) in [5, 5.41) is 3.47. The Hall–Kier alpha value is -1.52. The van der Waals surface area contributed by atoms with Gasteiger partial charge in [0.25, 0.3) is 0 Å². The Bertz CT molecular complexity index is 596.